The second-order valence-corrected chi connectivity index (χ2v) is 26.1. The molecule has 5 heteroatoms. The summed E-state index contributed by atoms with van der Waals surface area (Å²) in [6.45, 7) is 4.05. The standard InChI is InChI=1S/C87H148O5/c1-3-5-7-9-11-13-15-17-19-21-23-25-27-29-31-33-35-37-39-41-42-43-44-46-48-50-52-54-56-58-60-62-64-66-68-70-72-74-76-78-80-82-87(90)92-85(83-88)84-91-86(89)81-79-77-75-73-71-69-67-65-63-61-59-57-55-53-51-49-47-45-40-38-36-34-32-30-28-26-24-22-20-18-16-14-12-10-8-6-4-2/h5,7,11,13,17,19,22-25,29,31,35,37,41-42,44,46,50,52,56,58,62,64,85,88H,3-4,6,8-10,12,14-16,18,20-21,26-28,30,32-34,36,38-40,43,45,47-49,51,53-55,57,59-61,63,65-84H2,1-2H3/b7-5-,13-11-,19-17-,24-22-,25-23-,31-29-,37-35-,42-41-,46-44-,52-50-,58-56-,64-62-. The van der Waals surface area contributed by atoms with Gasteiger partial charge in [-0.1, -0.05) is 384 Å². The van der Waals surface area contributed by atoms with Crippen LogP contribution in [0.15, 0.2) is 146 Å². The van der Waals surface area contributed by atoms with Gasteiger partial charge in [-0.25, -0.2) is 0 Å². The first-order valence-corrected chi connectivity index (χ1v) is 39.4. The van der Waals surface area contributed by atoms with Crippen LogP contribution < -0.4 is 0 Å². The number of carbonyl (C=O) groups excluding carboxylic acids is 2. The molecule has 0 aromatic heterocycles. The minimum atomic E-state index is -0.788. The number of ether oxygens (including phenoxy) is 2. The van der Waals surface area contributed by atoms with Gasteiger partial charge < -0.3 is 14.6 Å². The normalized spacial score (nSPS) is 13.0. The smallest absolute Gasteiger partial charge is 0.306 e. The minimum Gasteiger partial charge on any atom is -0.462 e. The van der Waals surface area contributed by atoms with E-state index in [0.29, 0.717) is 12.8 Å². The summed E-state index contributed by atoms with van der Waals surface area (Å²) in [6, 6.07) is 0. The number of aliphatic hydroxyl groups is 1. The molecule has 0 saturated carbocycles. The fraction of sp³-hybridized carbons (Fsp3) is 0.701. The number of unbranched alkanes of at least 4 members (excludes halogenated alkanes) is 40. The van der Waals surface area contributed by atoms with Crippen molar-refractivity contribution in [1.82, 2.24) is 0 Å². The molecule has 0 spiro atoms. The molecular formula is C87H148O5. The predicted octanol–water partition coefficient (Wildman–Crippen LogP) is 28.0. The molecule has 0 aliphatic carbocycles. The van der Waals surface area contributed by atoms with Gasteiger partial charge in [0.05, 0.1) is 6.61 Å². The van der Waals surface area contributed by atoms with Gasteiger partial charge in [0.15, 0.2) is 6.10 Å². The number of hydrogen-bond acceptors (Lipinski definition) is 5. The quantitative estimate of drug-likeness (QED) is 0.0373. The van der Waals surface area contributed by atoms with Gasteiger partial charge >= 0.3 is 11.9 Å². The maximum atomic E-state index is 12.4. The fourth-order valence-electron chi connectivity index (χ4n) is 11.3. The van der Waals surface area contributed by atoms with Crippen molar-refractivity contribution < 1.29 is 24.2 Å². The van der Waals surface area contributed by atoms with Crippen LogP contribution in [0.3, 0.4) is 0 Å². The summed E-state index contributed by atoms with van der Waals surface area (Å²) in [7, 11) is 0. The van der Waals surface area contributed by atoms with Crippen LogP contribution in [0.2, 0.25) is 0 Å². The summed E-state index contributed by atoms with van der Waals surface area (Å²) < 4.78 is 10.8. The van der Waals surface area contributed by atoms with Crippen molar-refractivity contribution in [3.05, 3.63) is 146 Å². The van der Waals surface area contributed by atoms with Crippen molar-refractivity contribution in [2.24, 2.45) is 0 Å². The third-order valence-corrected chi connectivity index (χ3v) is 17.1. The molecule has 0 heterocycles. The third kappa shape index (κ3) is 78.2. The Morgan fingerprint density at radius 2 is 0.467 bits per heavy atom. The Hall–Kier alpha value is -4.22. The maximum absolute atomic E-state index is 12.4. The van der Waals surface area contributed by atoms with Gasteiger partial charge in [0.25, 0.3) is 0 Å². The average Bonchev–Trinajstić information content (AvgIpc) is 3.64. The molecule has 1 N–H and O–H groups in total. The van der Waals surface area contributed by atoms with Gasteiger partial charge in [-0.2, -0.15) is 0 Å². The molecule has 0 saturated heterocycles. The lowest BCUT2D eigenvalue weighted by molar-refractivity contribution is -0.161. The Kier molecular flexibility index (Phi) is 77.3. The van der Waals surface area contributed by atoms with E-state index in [1.165, 1.54) is 231 Å². The monoisotopic (exact) mass is 1270 g/mol. The van der Waals surface area contributed by atoms with Gasteiger partial charge in [-0.15, -0.1) is 0 Å². The summed E-state index contributed by atoms with van der Waals surface area (Å²) >= 11 is 0. The van der Waals surface area contributed by atoms with E-state index in [4.69, 9.17) is 9.47 Å². The zero-order valence-electron chi connectivity index (χ0n) is 60.5. The van der Waals surface area contributed by atoms with E-state index >= 15 is 0 Å². The minimum absolute atomic E-state index is 0.0743. The van der Waals surface area contributed by atoms with Crippen LogP contribution in [-0.4, -0.2) is 36.4 Å². The highest BCUT2D eigenvalue weighted by Crippen LogP contribution is 2.18. The van der Waals surface area contributed by atoms with E-state index in [-0.39, 0.29) is 25.2 Å². The van der Waals surface area contributed by atoms with E-state index in [9.17, 15) is 14.7 Å². The van der Waals surface area contributed by atoms with E-state index in [2.05, 4.69) is 160 Å². The average molecular weight is 1270 g/mol. The number of esters is 2. The van der Waals surface area contributed by atoms with Gasteiger partial charge in [0.2, 0.25) is 0 Å². The third-order valence-electron chi connectivity index (χ3n) is 17.1. The Morgan fingerprint density at radius 3 is 0.717 bits per heavy atom. The van der Waals surface area contributed by atoms with Crippen LogP contribution in [-0.2, 0) is 19.1 Å². The van der Waals surface area contributed by atoms with Crippen molar-refractivity contribution >= 4 is 11.9 Å². The number of hydrogen-bond donors (Lipinski definition) is 1. The van der Waals surface area contributed by atoms with Crippen molar-refractivity contribution in [2.75, 3.05) is 13.2 Å². The molecule has 0 aliphatic heterocycles. The van der Waals surface area contributed by atoms with Crippen molar-refractivity contribution in [3.8, 4) is 0 Å². The number of allylic oxidation sites excluding steroid dienone is 24. The lowest BCUT2D eigenvalue weighted by Crippen LogP contribution is -2.28. The van der Waals surface area contributed by atoms with Crippen molar-refractivity contribution in [2.45, 2.75) is 380 Å². The molecule has 0 aliphatic rings. The zero-order valence-corrected chi connectivity index (χ0v) is 60.5. The second-order valence-electron chi connectivity index (χ2n) is 26.1. The van der Waals surface area contributed by atoms with Crippen LogP contribution in [0.5, 0.6) is 0 Å². The summed E-state index contributed by atoms with van der Waals surface area (Å²) in [5.74, 6) is -0.597. The number of rotatable bonds is 72. The van der Waals surface area contributed by atoms with Crippen LogP contribution in [0.1, 0.15) is 373 Å². The van der Waals surface area contributed by atoms with Crippen LogP contribution in [0.4, 0.5) is 0 Å². The largest absolute Gasteiger partial charge is 0.462 e. The van der Waals surface area contributed by atoms with Crippen molar-refractivity contribution in [3.63, 3.8) is 0 Å². The first-order chi connectivity index (χ1) is 45.6. The molecule has 5 nitrogen and oxygen atoms in total. The van der Waals surface area contributed by atoms with E-state index in [1.54, 1.807) is 0 Å². The van der Waals surface area contributed by atoms with Crippen LogP contribution in [0.25, 0.3) is 0 Å². The highest BCUT2D eigenvalue weighted by molar-refractivity contribution is 5.70. The van der Waals surface area contributed by atoms with Gasteiger partial charge in [-0.3, -0.25) is 9.59 Å². The van der Waals surface area contributed by atoms with Crippen LogP contribution in [0, 0.1) is 0 Å². The molecule has 1 unspecified atom stereocenters. The SMILES string of the molecule is CC/C=C\C/C=C\C/C=C\C/C=C\C/C=C\C/C=C\C/C=C\C/C=C\C/C=C\C/C=C\C/C=C\CCCCCCCCCC(=O)OC(CO)COC(=O)CCCCCCCCCCCCCCCCCCCCCCCCCCC/C=C\CCCCCCCCCC. The molecule has 0 fully saturated rings. The van der Waals surface area contributed by atoms with E-state index in [0.717, 1.165) is 116 Å². The van der Waals surface area contributed by atoms with E-state index in [1.807, 2.05) is 0 Å². The fourth-order valence-corrected chi connectivity index (χ4v) is 11.3. The van der Waals surface area contributed by atoms with Gasteiger partial charge in [-0.05, 0) is 122 Å². The highest BCUT2D eigenvalue weighted by Gasteiger charge is 2.16. The Bertz CT molecular complexity index is 1880. The second kappa shape index (κ2) is 81.0. The van der Waals surface area contributed by atoms with Crippen molar-refractivity contribution in [1.29, 1.82) is 0 Å². The predicted molar refractivity (Wildman–Crippen MR) is 408 cm³/mol. The molecule has 0 rings (SSSR count). The van der Waals surface area contributed by atoms with E-state index < -0.39 is 6.10 Å². The Labute approximate surface area is 571 Å². The lowest BCUT2D eigenvalue weighted by Gasteiger charge is -2.15. The first kappa shape index (κ1) is 87.8. The Morgan fingerprint density at radius 1 is 0.261 bits per heavy atom. The summed E-state index contributed by atoms with van der Waals surface area (Å²) in [5.41, 5.74) is 0. The molecule has 0 amide bonds. The van der Waals surface area contributed by atoms with Gasteiger partial charge in [0.1, 0.15) is 6.61 Å². The molecular weight excluding hydrogens is 1120 g/mol. The number of aliphatic hydroxyl groups excluding tert-OH is 1. The summed E-state index contributed by atoms with van der Waals surface area (Å²) in [6.07, 6.45) is 122. The number of carbonyl (C=O) groups is 2. The molecule has 0 bridgehead atoms. The topological polar surface area (TPSA) is 72.8 Å². The molecule has 92 heavy (non-hydrogen) atoms. The molecule has 0 aromatic rings. The molecule has 0 radical (unpaired) electrons. The molecule has 526 valence electrons. The summed E-state index contributed by atoms with van der Waals surface area (Å²) in [5, 5.41) is 9.72. The highest BCUT2D eigenvalue weighted by atomic mass is 16.6. The lowest BCUT2D eigenvalue weighted by atomic mass is 10.0. The van der Waals surface area contributed by atoms with Crippen LogP contribution >= 0.6 is 0 Å². The van der Waals surface area contributed by atoms with Gasteiger partial charge in [0, 0.05) is 12.8 Å². The first-order valence-electron chi connectivity index (χ1n) is 39.4. The zero-order chi connectivity index (χ0) is 66.1. The molecule has 1 atom stereocenters. The Balaban J connectivity index is 3.51. The summed E-state index contributed by atoms with van der Waals surface area (Å²) in [4.78, 5) is 24.7. The molecule has 0 aromatic carbocycles. The maximum Gasteiger partial charge on any atom is 0.306 e.